The number of rotatable bonds is 7. The number of halogens is 1. The third-order valence-electron chi connectivity index (χ3n) is 6.64. The van der Waals surface area contributed by atoms with E-state index in [1.54, 1.807) is 20.3 Å². The van der Waals surface area contributed by atoms with Gasteiger partial charge in [-0.25, -0.2) is 4.39 Å². The first-order chi connectivity index (χ1) is 15.1. The third kappa shape index (κ3) is 4.69. The molecule has 0 bridgehead atoms. The minimum atomic E-state index is -0.200. The summed E-state index contributed by atoms with van der Waals surface area (Å²) in [5.74, 6) is 1.43. The van der Waals surface area contributed by atoms with E-state index in [0.717, 1.165) is 44.2 Å². The Hall–Kier alpha value is -2.60. The van der Waals surface area contributed by atoms with Crippen LogP contribution in [0.4, 0.5) is 4.39 Å². The van der Waals surface area contributed by atoms with Crippen LogP contribution in [0.25, 0.3) is 0 Å². The Balaban J connectivity index is 1.61. The van der Waals surface area contributed by atoms with Crippen molar-refractivity contribution >= 4 is 5.91 Å². The number of methoxy groups -OCH3 is 2. The number of carbonyl (C=O) groups is 1. The van der Waals surface area contributed by atoms with Gasteiger partial charge < -0.3 is 14.8 Å². The van der Waals surface area contributed by atoms with Crippen LogP contribution in [0.15, 0.2) is 36.4 Å². The van der Waals surface area contributed by atoms with Gasteiger partial charge >= 0.3 is 0 Å². The highest BCUT2D eigenvalue weighted by molar-refractivity contribution is 5.78. The minimum Gasteiger partial charge on any atom is -0.493 e. The number of amides is 1. The van der Waals surface area contributed by atoms with Gasteiger partial charge in [0.05, 0.1) is 20.3 Å². The number of benzene rings is 2. The summed E-state index contributed by atoms with van der Waals surface area (Å²) in [5.41, 5.74) is 2.95. The van der Waals surface area contributed by atoms with E-state index in [1.165, 1.54) is 11.6 Å². The zero-order valence-electron chi connectivity index (χ0n) is 18.3. The molecule has 1 fully saturated rings. The van der Waals surface area contributed by atoms with Crippen molar-refractivity contribution in [2.75, 3.05) is 27.3 Å². The molecule has 6 heteroatoms. The van der Waals surface area contributed by atoms with Crippen molar-refractivity contribution in [2.45, 2.75) is 44.7 Å². The fraction of sp³-hybridized carbons (Fsp3) is 0.480. The first-order valence-electron chi connectivity index (χ1n) is 11.1. The average Bonchev–Trinajstić information content (AvgIpc) is 3.33. The molecule has 0 radical (unpaired) electrons. The number of ether oxygens (including phenoxy) is 2. The third-order valence-corrected chi connectivity index (χ3v) is 6.64. The fourth-order valence-corrected chi connectivity index (χ4v) is 4.88. The Bertz CT molecular complexity index is 927. The smallest absolute Gasteiger partial charge is 0.223 e. The molecule has 0 spiro atoms. The maximum absolute atomic E-state index is 14.4. The lowest BCUT2D eigenvalue weighted by molar-refractivity contribution is -0.125. The van der Waals surface area contributed by atoms with Crippen LogP contribution >= 0.6 is 0 Å². The Morgan fingerprint density at radius 3 is 2.55 bits per heavy atom. The van der Waals surface area contributed by atoms with Gasteiger partial charge in [0, 0.05) is 31.1 Å². The Kier molecular flexibility index (Phi) is 6.76. The van der Waals surface area contributed by atoms with Crippen LogP contribution in [0, 0.1) is 11.7 Å². The lowest BCUT2D eigenvalue weighted by Gasteiger charge is -2.38. The predicted molar refractivity (Wildman–Crippen MR) is 118 cm³/mol. The molecule has 0 aromatic heterocycles. The van der Waals surface area contributed by atoms with Gasteiger partial charge in [0.25, 0.3) is 0 Å². The quantitative estimate of drug-likeness (QED) is 0.719. The average molecular weight is 427 g/mol. The van der Waals surface area contributed by atoms with Gasteiger partial charge in [-0.05, 0) is 48.6 Å². The molecule has 1 N–H and O–H groups in total. The predicted octanol–water partition coefficient (Wildman–Crippen LogP) is 4.25. The second-order valence-corrected chi connectivity index (χ2v) is 8.46. The molecule has 1 atom stereocenters. The molecule has 1 heterocycles. The number of fused-ring (bicyclic) bond motifs is 1. The molecule has 166 valence electrons. The van der Waals surface area contributed by atoms with Gasteiger partial charge in [-0.15, -0.1) is 0 Å². The summed E-state index contributed by atoms with van der Waals surface area (Å²) in [5, 5.41) is 3.19. The number of hydrogen-bond acceptors (Lipinski definition) is 4. The highest BCUT2D eigenvalue weighted by atomic mass is 19.1. The highest BCUT2D eigenvalue weighted by Crippen LogP contribution is 2.38. The first-order valence-corrected chi connectivity index (χ1v) is 11.1. The maximum Gasteiger partial charge on any atom is 0.223 e. The molecule has 1 amide bonds. The molecule has 2 aromatic rings. The van der Waals surface area contributed by atoms with Gasteiger partial charge in [-0.1, -0.05) is 31.0 Å². The monoisotopic (exact) mass is 426 g/mol. The lowest BCUT2D eigenvalue weighted by atomic mass is 9.91. The fourth-order valence-electron chi connectivity index (χ4n) is 4.88. The van der Waals surface area contributed by atoms with Crippen LogP contribution in [0.1, 0.15) is 48.4 Å². The summed E-state index contributed by atoms with van der Waals surface area (Å²) in [6.07, 6.45) is 5.02. The standard InChI is InChI=1S/C25H31FN2O3/c1-30-23-13-18-11-12-28(16-19-9-5-6-10-21(19)26)22(20(18)14-24(23)31-2)15-27-25(29)17-7-3-4-8-17/h5-6,9-10,13-14,17,22H,3-4,7-8,11-12,15-16H2,1-2H3,(H,27,29)/t22-/m1/s1. The van der Waals surface area contributed by atoms with Gasteiger partial charge in [0.2, 0.25) is 5.91 Å². The molecule has 2 aromatic carbocycles. The molecule has 5 nitrogen and oxygen atoms in total. The van der Waals surface area contributed by atoms with E-state index in [4.69, 9.17) is 9.47 Å². The van der Waals surface area contributed by atoms with Crippen molar-refractivity contribution in [3.05, 3.63) is 58.9 Å². The molecular formula is C25H31FN2O3. The molecule has 0 saturated heterocycles. The van der Waals surface area contributed by atoms with Crippen molar-refractivity contribution in [1.29, 1.82) is 0 Å². The normalized spacial score (nSPS) is 19.1. The number of nitrogens with zero attached hydrogens (tertiary/aromatic N) is 1. The summed E-state index contributed by atoms with van der Waals surface area (Å²) < 4.78 is 25.4. The second kappa shape index (κ2) is 9.69. The second-order valence-electron chi connectivity index (χ2n) is 8.46. The van der Waals surface area contributed by atoms with Crippen LogP contribution in [0.2, 0.25) is 0 Å². The van der Waals surface area contributed by atoms with Crippen molar-refractivity contribution in [3.8, 4) is 11.5 Å². The summed E-state index contributed by atoms with van der Waals surface area (Å²) in [6.45, 7) is 1.76. The van der Waals surface area contributed by atoms with Crippen molar-refractivity contribution in [3.63, 3.8) is 0 Å². The van der Waals surface area contributed by atoms with E-state index < -0.39 is 0 Å². The van der Waals surface area contributed by atoms with Crippen LogP contribution in [0.5, 0.6) is 11.5 Å². The molecule has 0 unspecified atom stereocenters. The summed E-state index contributed by atoms with van der Waals surface area (Å²) in [7, 11) is 3.26. The molecule has 4 rings (SSSR count). The number of hydrogen-bond donors (Lipinski definition) is 1. The van der Waals surface area contributed by atoms with E-state index in [-0.39, 0.29) is 23.7 Å². The zero-order chi connectivity index (χ0) is 21.8. The van der Waals surface area contributed by atoms with Crippen LogP contribution < -0.4 is 14.8 Å². The number of carbonyl (C=O) groups excluding carboxylic acids is 1. The lowest BCUT2D eigenvalue weighted by Crippen LogP contribution is -2.43. The summed E-state index contributed by atoms with van der Waals surface area (Å²) in [4.78, 5) is 15.0. The topological polar surface area (TPSA) is 50.8 Å². The number of nitrogens with one attached hydrogen (secondary N) is 1. The molecule has 1 aliphatic carbocycles. The summed E-state index contributed by atoms with van der Waals surface area (Å²) in [6, 6.07) is 10.9. The first kappa shape index (κ1) is 21.6. The van der Waals surface area contributed by atoms with Gasteiger partial charge in [-0.3, -0.25) is 9.69 Å². The molecule has 2 aliphatic rings. The maximum atomic E-state index is 14.4. The zero-order valence-corrected chi connectivity index (χ0v) is 18.3. The van der Waals surface area contributed by atoms with Crippen LogP contribution in [0.3, 0.4) is 0 Å². The van der Waals surface area contributed by atoms with Crippen molar-refractivity contribution in [1.82, 2.24) is 10.2 Å². The van der Waals surface area contributed by atoms with E-state index >= 15 is 0 Å². The molecule has 1 aliphatic heterocycles. The molecular weight excluding hydrogens is 395 g/mol. The van der Waals surface area contributed by atoms with E-state index in [1.807, 2.05) is 24.3 Å². The van der Waals surface area contributed by atoms with Crippen molar-refractivity contribution < 1.29 is 18.7 Å². The van der Waals surface area contributed by atoms with E-state index in [0.29, 0.717) is 30.2 Å². The Labute approximate surface area is 183 Å². The largest absolute Gasteiger partial charge is 0.493 e. The minimum absolute atomic E-state index is 0.0616. The van der Waals surface area contributed by atoms with Gasteiger partial charge in [0.15, 0.2) is 11.5 Å². The van der Waals surface area contributed by atoms with Crippen LogP contribution in [-0.2, 0) is 17.8 Å². The highest BCUT2D eigenvalue weighted by Gasteiger charge is 2.31. The van der Waals surface area contributed by atoms with Crippen molar-refractivity contribution in [2.24, 2.45) is 5.92 Å². The van der Waals surface area contributed by atoms with Gasteiger partial charge in [-0.2, -0.15) is 0 Å². The van der Waals surface area contributed by atoms with Gasteiger partial charge in [0.1, 0.15) is 5.82 Å². The molecule has 31 heavy (non-hydrogen) atoms. The van der Waals surface area contributed by atoms with E-state index in [2.05, 4.69) is 10.2 Å². The van der Waals surface area contributed by atoms with Crippen LogP contribution in [-0.4, -0.2) is 38.1 Å². The Morgan fingerprint density at radius 1 is 1.13 bits per heavy atom. The summed E-state index contributed by atoms with van der Waals surface area (Å²) >= 11 is 0. The Morgan fingerprint density at radius 2 is 1.84 bits per heavy atom. The molecule has 1 saturated carbocycles. The SMILES string of the molecule is COc1cc2c(cc1OC)[C@@H](CNC(=O)C1CCCC1)N(Cc1ccccc1F)CC2. The van der Waals surface area contributed by atoms with E-state index in [9.17, 15) is 9.18 Å².